The number of hydrogen-bond acceptors (Lipinski definition) is 5. The minimum atomic E-state index is -0.389. The molecule has 1 N–H and O–H groups in total. The molecule has 1 aromatic heterocycles. The summed E-state index contributed by atoms with van der Waals surface area (Å²) < 4.78 is 6.56. The molecule has 0 fully saturated rings. The maximum absolute atomic E-state index is 11.8. The van der Waals surface area contributed by atoms with E-state index in [0.29, 0.717) is 11.4 Å². The van der Waals surface area contributed by atoms with Gasteiger partial charge in [0.15, 0.2) is 0 Å². The van der Waals surface area contributed by atoms with Crippen molar-refractivity contribution in [1.29, 1.82) is 0 Å². The minimum absolute atomic E-state index is 0.0366. The third-order valence-electron chi connectivity index (χ3n) is 3.61. The Kier molecular flexibility index (Phi) is 4.48. The number of ether oxygens (including phenoxy) is 1. The molecule has 6 nitrogen and oxygen atoms in total. The van der Waals surface area contributed by atoms with Gasteiger partial charge in [0.2, 0.25) is 0 Å². The number of aromatic nitrogens is 2. The molecule has 0 aliphatic carbocycles. The molecule has 0 saturated carbocycles. The largest absolute Gasteiger partial charge is 0.496 e. The van der Waals surface area contributed by atoms with Crippen LogP contribution in [-0.2, 0) is 7.05 Å². The fourth-order valence-electron chi connectivity index (χ4n) is 2.34. The zero-order valence-corrected chi connectivity index (χ0v) is 13.9. The molecule has 24 heavy (non-hydrogen) atoms. The average molecular weight is 343 g/mol. The van der Waals surface area contributed by atoms with Gasteiger partial charge in [0.1, 0.15) is 16.5 Å². The zero-order valence-electron chi connectivity index (χ0n) is 13.2. The van der Waals surface area contributed by atoms with E-state index in [1.165, 1.54) is 13.2 Å². The number of methoxy groups -OCH3 is 1. The van der Waals surface area contributed by atoms with E-state index in [9.17, 15) is 4.79 Å². The molecule has 0 atom stereocenters. The first kappa shape index (κ1) is 16.0. The molecular formula is C17H15ClN4O2. The Morgan fingerprint density at radius 3 is 2.88 bits per heavy atom. The number of hydrazone groups is 1. The second-order valence-electron chi connectivity index (χ2n) is 5.07. The summed E-state index contributed by atoms with van der Waals surface area (Å²) in [5.74, 6) is 0.701. The van der Waals surface area contributed by atoms with Crippen molar-refractivity contribution in [1.82, 2.24) is 9.78 Å². The lowest BCUT2D eigenvalue weighted by Crippen LogP contribution is -2.20. The first-order valence-electron chi connectivity index (χ1n) is 7.18. The maximum atomic E-state index is 11.8. The van der Waals surface area contributed by atoms with Gasteiger partial charge in [0.25, 0.3) is 5.56 Å². The Hall–Kier alpha value is -2.86. The van der Waals surface area contributed by atoms with Gasteiger partial charge in [0.05, 0.1) is 19.5 Å². The summed E-state index contributed by atoms with van der Waals surface area (Å²) in [5.41, 5.74) is 3.53. The number of nitrogens with one attached hydrogen (secondary N) is 1. The SMILES string of the molecule is COc1ccc2ccccc2c1/C=N\Nc1cnn(C)c(=O)c1Cl. The van der Waals surface area contributed by atoms with Crippen LogP contribution in [0.2, 0.25) is 5.02 Å². The molecule has 0 amide bonds. The molecular weight excluding hydrogens is 328 g/mol. The summed E-state index contributed by atoms with van der Waals surface area (Å²) in [6, 6.07) is 11.8. The predicted molar refractivity (Wildman–Crippen MR) is 96.2 cm³/mol. The van der Waals surface area contributed by atoms with Gasteiger partial charge in [-0.3, -0.25) is 10.2 Å². The van der Waals surface area contributed by atoms with Crippen LogP contribution in [0, 0.1) is 0 Å². The van der Waals surface area contributed by atoms with E-state index in [4.69, 9.17) is 16.3 Å². The number of nitrogens with zero attached hydrogens (tertiary/aromatic N) is 3. The van der Waals surface area contributed by atoms with Crippen LogP contribution in [0.5, 0.6) is 5.75 Å². The maximum Gasteiger partial charge on any atom is 0.287 e. The number of rotatable bonds is 4. The summed E-state index contributed by atoms with van der Waals surface area (Å²) in [5, 5.41) is 10.2. The zero-order chi connectivity index (χ0) is 17.1. The third-order valence-corrected chi connectivity index (χ3v) is 3.97. The van der Waals surface area contributed by atoms with Crippen molar-refractivity contribution in [2.45, 2.75) is 0 Å². The lowest BCUT2D eigenvalue weighted by atomic mass is 10.0. The van der Waals surface area contributed by atoms with Crippen LogP contribution in [0.1, 0.15) is 5.56 Å². The van der Waals surface area contributed by atoms with Crippen molar-refractivity contribution in [3.63, 3.8) is 0 Å². The van der Waals surface area contributed by atoms with Gasteiger partial charge in [-0.05, 0) is 16.8 Å². The average Bonchev–Trinajstić information content (AvgIpc) is 2.61. The molecule has 0 bridgehead atoms. The highest BCUT2D eigenvalue weighted by molar-refractivity contribution is 6.32. The van der Waals surface area contributed by atoms with Gasteiger partial charge in [-0.25, -0.2) is 4.68 Å². The first-order valence-corrected chi connectivity index (χ1v) is 7.56. The highest BCUT2D eigenvalue weighted by atomic mass is 35.5. The fraction of sp³-hybridized carbons (Fsp3) is 0.118. The van der Waals surface area contributed by atoms with Crippen LogP contribution in [0.3, 0.4) is 0 Å². The molecule has 1 heterocycles. The Balaban J connectivity index is 1.97. The molecule has 7 heteroatoms. The van der Waals surface area contributed by atoms with Gasteiger partial charge < -0.3 is 4.74 Å². The number of anilines is 1. The second kappa shape index (κ2) is 6.72. The van der Waals surface area contributed by atoms with E-state index in [2.05, 4.69) is 15.6 Å². The van der Waals surface area contributed by atoms with Crippen LogP contribution in [0.25, 0.3) is 10.8 Å². The van der Waals surface area contributed by atoms with E-state index < -0.39 is 0 Å². The van der Waals surface area contributed by atoms with E-state index >= 15 is 0 Å². The number of benzene rings is 2. The summed E-state index contributed by atoms with van der Waals surface area (Å²) in [6.07, 6.45) is 3.08. The van der Waals surface area contributed by atoms with Crippen molar-refractivity contribution in [2.24, 2.45) is 12.1 Å². The number of hydrogen-bond donors (Lipinski definition) is 1. The van der Waals surface area contributed by atoms with E-state index in [1.807, 2.05) is 36.4 Å². The minimum Gasteiger partial charge on any atom is -0.496 e. The fourth-order valence-corrected chi connectivity index (χ4v) is 2.56. The molecule has 0 unspecified atom stereocenters. The molecule has 0 aliphatic rings. The standard InChI is InChI=1S/C17H15ClN4O2/c1-22-17(23)16(18)14(10-20-22)21-19-9-13-12-6-4-3-5-11(12)7-8-15(13)24-2/h3-10,21H,1-2H3/b19-9-. The van der Waals surface area contributed by atoms with Crippen LogP contribution < -0.4 is 15.7 Å². The lowest BCUT2D eigenvalue weighted by molar-refractivity contribution is 0.415. The van der Waals surface area contributed by atoms with Gasteiger partial charge in [-0.15, -0.1) is 0 Å². The van der Waals surface area contributed by atoms with Gasteiger partial charge in [-0.2, -0.15) is 10.2 Å². The number of fused-ring (bicyclic) bond motifs is 1. The lowest BCUT2D eigenvalue weighted by Gasteiger charge is -2.08. The van der Waals surface area contributed by atoms with Crippen molar-refractivity contribution in [2.75, 3.05) is 12.5 Å². The normalized spacial score (nSPS) is 11.1. The Labute approximate surface area is 143 Å². The molecule has 0 spiro atoms. The molecule has 3 rings (SSSR count). The third kappa shape index (κ3) is 2.96. The Morgan fingerprint density at radius 1 is 1.29 bits per heavy atom. The van der Waals surface area contributed by atoms with Crippen LogP contribution >= 0.6 is 11.6 Å². The highest BCUT2D eigenvalue weighted by Crippen LogP contribution is 2.26. The van der Waals surface area contributed by atoms with Crippen molar-refractivity contribution < 1.29 is 4.74 Å². The molecule has 122 valence electrons. The molecule has 2 aromatic carbocycles. The van der Waals surface area contributed by atoms with Crippen LogP contribution in [0.15, 0.2) is 52.5 Å². The summed E-state index contributed by atoms with van der Waals surface area (Å²) in [6.45, 7) is 0. The summed E-state index contributed by atoms with van der Waals surface area (Å²) in [7, 11) is 3.14. The highest BCUT2D eigenvalue weighted by Gasteiger charge is 2.08. The number of aryl methyl sites for hydroxylation is 1. The van der Waals surface area contributed by atoms with E-state index in [-0.39, 0.29) is 10.6 Å². The quantitative estimate of drug-likeness (QED) is 0.584. The molecule has 0 saturated heterocycles. The topological polar surface area (TPSA) is 68.5 Å². The predicted octanol–water partition coefficient (Wildman–Crippen LogP) is 3.04. The molecule has 0 radical (unpaired) electrons. The molecule has 3 aromatic rings. The van der Waals surface area contributed by atoms with Gasteiger partial charge in [0, 0.05) is 12.6 Å². The van der Waals surface area contributed by atoms with Crippen LogP contribution in [-0.4, -0.2) is 23.1 Å². The monoisotopic (exact) mass is 342 g/mol. The van der Waals surface area contributed by atoms with Crippen molar-refractivity contribution in [3.8, 4) is 5.75 Å². The van der Waals surface area contributed by atoms with Gasteiger partial charge in [-0.1, -0.05) is 41.9 Å². The van der Waals surface area contributed by atoms with Crippen molar-refractivity contribution in [3.05, 3.63) is 63.5 Å². The Bertz CT molecular complexity index is 982. The van der Waals surface area contributed by atoms with Gasteiger partial charge >= 0.3 is 0 Å². The van der Waals surface area contributed by atoms with E-state index in [1.54, 1.807) is 13.3 Å². The first-order chi connectivity index (χ1) is 11.6. The molecule has 0 aliphatic heterocycles. The summed E-state index contributed by atoms with van der Waals surface area (Å²) in [4.78, 5) is 11.8. The second-order valence-corrected chi connectivity index (χ2v) is 5.45. The van der Waals surface area contributed by atoms with E-state index in [0.717, 1.165) is 21.0 Å². The summed E-state index contributed by atoms with van der Waals surface area (Å²) >= 11 is 6.00. The van der Waals surface area contributed by atoms with Crippen molar-refractivity contribution >= 4 is 34.3 Å². The van der Waals surface area contributed by atoms with Crippen LogP contribution in [0.4, 0.5) is 5.69 Å². The Morgan fingerprint density at radius 2 is 2.08 bits per heavy atom. The smallest absolute Gasteiger partial charge is 0.287 e. The number of halogens is 1.